The highest BCUT2D eigenvalue weighted by Crippen LogP contribution is 2.28. The van der Waals surface area contributed by atoms with Gasteiger partial charge < -0.3 is 14.8 Å². The Morgan fingerprint density at radius 2 is 1.72 bits per heavy atom. The molecular formula is C25H40N4O3. The normalized spacial score (nSPS) is 19.5. The minimum Gasteiger partial charge on any atom is -0.352 e. The monoisotopic (exact) mass is 444 g/mol. The van der Waals surface area contributed by atoms with Gasteiger partial charge in [-0.15, -0.1) is 0 Å². The summed E-state index contributed by atoms with van der Waals surface area (Å²) in [5, 5.41) is 2.86. The molecule has 2 aliphatic rings. The number of likely N-dealkylation sites (N-methyl/N-ethyl adjacent to an activating group) is 1. The van der Waals surface area contributed by atoms with Crippen molar-refractivity contribution in [1.82, 2.24) is 19.7 Å². The van der Waals surface area contributed by atoms with Crippen LogP contribution in [0.15, 0.2) is 17.2 Å². The number of unbranched alkanes of at least 4 members (excludes halogenated alkanes) is 1. The average molecular weight is 445 g/mol. The molecule has 178 valence electrons. The third-order valence-corrected chi connectivity index (χ3v) is 7.11. The number of nitrogens with one attached hydrogen (secondary N) is 1. The van der Waals surface area contributed by atoms with Crippen molar-refractivity contribution in [2.24, 2.45) is 0 Å². The van der Waals surface area contributed by atoms with Crippen LogP contribution in [0.2, 0.25) is 0 Å². The van der Waals surface area contributed by atoms with Crippen molar-refractivity contribution in [3.05, 3.63) is 33.7 Å². The number of nitrogens with zero attached hydrogens (tertiary/aromatic N) is 3. The average Bonchev–Trinajstić information content (AvgIpc) is 3.30. The Hall–Kier alpha value is -2.15. The van der Waals surface area contributed by atoms with E-state index in [2.05, 4.69) is 31.0 Å². The van der Waals surface area contributed by atoms with Crippen molar-refractivity contribution in [2.75, 3.05) is 32.7 Å². The van der Waals surface area contributed by atoms with Gasteiger partial charge in [0.25, 0.3) is 11.8 Å². The lowest BCUT2D eigenvalue weighted by Gasteiger charge is -2.27. The van der Waals surface area contributed by atoms with Crippen molar-refractivity contribution < 1.29 is 9.59 Å². The second-order valence-corrected chi connectivity index (χ2v) is 9.18. The summed E-state index contributed by atoms with van der Waals surface area (Å²) in [7, 11) is 0. The topological polar surface area (TPSA) is 74.7 Å². The molecule has 1 saturated heterocycles. The van der Waals surface area contributed by atoms with Crippen LogP contribution in [0, 0.1) is 0 Å². The Labute approximate surface area is 192 Å². The predicted octanol–water partition coefficient (Wildman–Crippen LogP) is 3.44. The number of hydrogen-bond donors (Lipinski definition) is 1. The zero-order valence-electron chi connectivity index (χ0n) is 20.1. The molecule has 0 unspecified atom stereocenters. The molecule has 0 bridgehead atoms. The molecule has 1 atom stereocenters. The molecule has 1 aromatic heterocycles. The second kappa shape index (κ2) is 11.6. The lowest BCUT2D eigenvalue weighted by molar-refractivity contribution is 0.0775. The molecule has 3 rings (SSSR count). The summed E-state index contributed by atoms with van der Waals surface area (Å²) in [4.78, 5) is 43.7. The third kappa shape index (κ3) is 5.61. The van der Waals surface area contributed by atoms with Crippen molar-refractivity contribution in [3.8, 4) is 0 Å². The minimum absolute atomic E-state index is 0.0945. The quantitative estimate of drug-likeness (QED) is 0.592. The first kappa shape index (κ1) is 24.5. The minimum atomic E-state index is -0.442. The van der Waals surface area contributed by atoms with Gasteiger partial charge in [-0.1, -0.05) is 46.5 Å². The maximum atomic E-state index is 13.4. The first-order chi connectivity index (χ1) is 15.5. The molecule has 1 aliphatic heterocycles. The summed E-state index contributed by atoms with van der Waals surface area (Å²) in [5.41, 5.74) is -0.210. The summed E-state index contributed by atoms with van der Waals surface area (Å²) in [6.45, 7) is 10.0. The summed E-state index contributed by atoms with van der Waals surface area (Å²) in [6, 6.07) is 0.565. The molecule has 2 fully saturated rings. The van der Waals surface area contributed by atoms with Crippen LogP contribution >= 0.6 is 0 Å². The van der Waals surface area contributed by atoms with Crippen molar-refractivity contribution in [1.29, 1.82) is 0 Å². The fraction of sp³-hybridized carbons (Fsp3) is 0.720. The predicted molar refractivity (Wildman–Crippen MR) is 127 cm³/mol. The molecule has 1 aliphatic carbocycles. The van der Waals surface area contributed by atoms with Crippen LogP contribution in [0.25, 0.3) is 0 Å². The number of hydrogen-bond acceptors (Lipinski definition) is 4. The molecule has 0 spiro atoms. The van der Waals surface area contributed by atoms with Crippen LogP contribution in [-0.2, 0) is 0 Å². The highest BCUT2D eigenvalue weighted by molar-refractivity contribution is 5.99. The van der Waals surface area contributed by atoms with E-state index in [1.165, 1.54) is 6.42 Å². The number of amides is 2. The van der Waals surface area contributed by atoms with E-state index in [1.807, 2.05) is 4.57 Å². The van der Waals surface area contributed by atoms with Gasteiger partial charge in [-0.05, 0) is 38.8 Å². The van der Waals surface area contributed by atoms with Gasteiger partial charge >= 0.3 is 0 Å². The van der Waals surface area contributed by atoms with Gasteiger partial charge in [0.2, 0.25) is 5.43 Å². The van der Waals surface area contributed by atoms with Gasteiger partial charge in [0.15, 0.2) is 0 Å². The van der Waals surface area contributed by atoms with Gasteiger partial charge in [-0.3, -0.25) is 19.3 Å². The van der Waals surface area contributed by atoms with Crippen LogP contribution in [0.3, 0.4) is 0 Å². The smallest absolute Gasteiger partial charge is 0.259 e. The zero-order chi connectivity index (χ0) is 23.1. The second-order valence-electron chi connectivity index (χ2n) is 9.18. The van der Waals surface area contributed by atoms with Crippen LogP contribution < -0.4 is 10.7 Å². The maximum Gasteiger partial charge on any atom is 0.259 e. The number of rotatable bonds is 9. The molecule has 1 aromatic rings. The van der Waals surface area contributed by atoms with Gasteiger partial charge in [0, 0.05) is 44.1 Å². The number of aromatic nitrogens is 1. The van der Waals surface area contributed by atoms with Crippen LogP contribution in [-0.4, -0.2) is 64.9 Å². The lowest BCUT2D eigenvalue weighted by atomic mass is 9.95. The lowest BCUT2D eigenvalue weighted by Crippen LogP contribution is -2.40. The van der Waals surface area contributed by atoms with E-state index < -0.39 is 5.43 Å². The number of carbonyl (C=O) groups is 2. The molecule has 0 aromatic carbocycles. The number of pyridine rings is 1. The zero-order valence-corrected chi connectivity index (χ0v) is 20.1. The largest absolute Gasteiger partial charge is 0.352 e. The molecule has 32 heavy (non-hydrogen) atoms. The Bertz CT molecular complexity index is 840. The van der Waals surface area contributed by atoms with E-state index in [-0.39, 0.29) is 29.0 Å². The number of carbonyl (C=O) groups excluding carboxylic acids is 2. The van der Waals surface area contributed by atoms with Crippen molar-refractivity contribution in [2.45, 2.75) is 84.2 Å². The molecule has 0 radical (unpaired) electrons. The molecule has 2 amide bonds. The van der Waals surface area contributed by atoms with Crippen molar-refractivity contribution >= 4 is 11.8 Å². The summed E-state index contributed by atoms with van der Waals surface area (Å²) in [6.07, 6.45) is 11.7. The van der Waals surface area contributed by atoms with Crippen LogP contribution in [0.5, 0.6) is 0 Å². The summed E-state index contributed by atoms with van der Waals surface area (Å²) < 4.78 is 1.97. The molecule has 7 heteroatoms. The van der Waals surface area contributed by atoms with Gasteiger partial charge in [-0.2, -0.15) is 0 Å². The Kier molecular flexibility index (Phi) is 8.91. The Balaban J connectivity index is 1.89. The summed E-state index contributed by atoms with van der Waals surface area (Å²) >= 11 is 0. The van der Waals surface area contributed by atoms with Gasteiger partial charge in [0.1, 0.15) is 11.1 Å². The van der Waals surface area contributed by atoms with E-state index in [0.717, 1.165) is 58.0 Å². The molecule has 7 nitrogen and oxygen atoms in total. The van der Waals surface area contributed by atoms with E-state index in [9.17, 15) is 14.4 Å². The molecular weight excluding hydrogens is 404 g/mol. The highest BCUT2D eigenvalue weighted by atomic mass is 16.2. The number of likely N-dealkylation sites (tertiary alicyclic amines) is 1. The molecule has 1 N–H and O–H groups in total. The highest BCUT2D eigenvalue weighted by Gasteiger charge is 2.32. The summed E-state index contributed by atoms with van der Waals surface area (Å²) in [5.74, 6) is -0.609. The SMILES string of the molecule is CCCCNC(=O)c1cn(C2CCCCC2)cc(C(=O)N2CC[C@H](N(CC)CC)C2)c1=O. The molecule has 1 saturated carbocycles. The first-order valence-corrected chi connectivity index (χ1v) is 12.6. The Morgan fingerprint density at radius 1 is 1.03 bits per heavy atom. The van der Waals surface area contributed by atoms with Crippen molar-refractivity contribution in [3.63, 3.8) is 0 Å². The van der Waals surface area contributed by atoms with E-state index in [0.29, 0.717) is 25.7 Å². The van der Waals surface area contributed by atoms with E-state index >= 15 is 0 Å². The third-order valence-electron chi connectivity index (χ3n) is 7.11. The van der Waals surface area contributed by atoms with Crippen LogP contribution in [0.1, 0.15) is 98.9 Å². The maximum absolute atomic E-state index is 13.4. The Morgan fingerprint density at radius 3 is 2.38 bits per heavy atom. The first-order valence-electron chi connectivity index (χ1n) is 12.6. The standard InChI is InChI=1S/C25H40N4O3/c1-4-7-14-26-24(31)21-17-29(19-11-9-8-10-12-19)18-22(23(21)30)25(32)28-15-13-20(16-28)27(5-2)6-3/h17-20H,4-16H2,1-3H3,(H,26,31)/t20-/m0/s1. The fourth-order valence-electron chi connectivity index (χ4n) is 5.11. The molecule has 2 heterocycles. The van der Waals surface area contributed by atoms with E-state index in [1.54, 1.807) is 17.3 Å². The van der Waals surface area contributed by atoms with Gasteiger partial charge in [-0.25, -0.2) is 0 Å². The van der Waals surface area contributed by atoms with E-state index in [4.69, 9.17) is 0 Å². The fourth-order valence-corrected chi connectivity index (χ4v) is 5.11. The van der Waals surface area contributed by atoms with Crippen LogP contribution in [0.4, 0.5) is 0 Å². The van der Waals surface area contributed by atoms with Gasteiger partial charge in [0.05, 0.1) is 0 Å².